The van der Waals surface area contributed by atoms with Gasteiger partial charge in [0, 0.05) is 19.7 Å². The number of aromatic nitrogens is 3. The van der Waals surface area contributed by atoms with Crippen LogP contribution in [0, 0.1) is 19.7 Å². The van der Waals surface area contributed by atoms with E-state index in [-0.39, 0.29) is 10.9 Å². The molecule has 3 aromatic heterocycles. The molecule has 1 unspecified atom stereocenters. The van der Waals surface area contributed by atoms with E-state index in [9.17, 15) is 9.59 Å². The topological polar surface area (TPSA) is 74.1 Å². The van der Waals surface area contributed by atoms with Crippen LogP contribution in [0.25, 0.3) is 27.8 Å². The molecule has 0 spiro atoms. The van der Waals surface area contributed by atoms with Crippen molar-refractivity contribution in [3.63, 3.8) is 0 Å². The van der Waals surface area contributed by atoms with Gasteiger partial charge in [0.2, 0.25) is 0 Å². The fourth-order valence-corrected chi connectivity index (χ4v) is 5.11. The van der Waals surface area contributed by atoms with E-state index in [2.05, 4.69) is 5.32 Å². The Morgan fingerprint density at radius 2 is 1.71 bits per heavy atom. The van der Waals surface area contributed by atoms with E-state index in [1.54, 1.807) is 37.6 Å². The van der Waals surface area contributed by atoms with E-state index in [0.717, 1.165) is 27.1 Å². The lowest BCUT2D eigenvalue weighted by molar-refractivity contribution is 0.492. The lowest BCUT2D eigenvalue weighted by Gasteiger charge is -2.30. The number of fused-ring (bicyclic) bond motifs is 5. The number of rotatable bonds is 2. The van der Waals surface area contributed by atoms with Crippen molar-refractivity contribution in [2.45, 2.75) is 19.9 Å². The molecule has 1 aliphatic rings. The van der Waals surface area contributed by atoms with Crippen molar-refractivity contribution in [3.8, 4) is 16.9 Å². The van der Waals surface area contributed by atoms with Gasteiger partial charge in [-0.05, 0) is 61.4 Å². The number of hydrogen-bond donors (Lipinski definition) is 1. The van der Waals surface area contributed by atoms with E-state index in [1.165, 1.54) is 17.7 Å². The van der Waals surface area contributed by atoms with Gasteiger partial charge in [0.1, 0.15) is 17.6 Å². The van der Waals surface area contributed by atoms with Crippen molar-refractivity contribution >= 4 is 16.6 Å². The summed E-state index contributed by atoms with van der Waals surface area (Å²) >= 11 is 0. The third-order valence-corrected chi connectivity index (χ3v) is 6.99. The van der Waals surface area contributed by atoms with Crippen LogP contribution in [0.5, 0.6) is 0 Å². The Labute approximate surface area is 199 Å². The Hall–Kier alpha value is -4.33. The molecule has 1 atom stereocenters. The molecule has 6 rings (SSSR count). The first-order valence-electron chi connectivity index (χ1n) is 11.3. The number of benzene rings is 2. The normalized spacial score (nSPS) is 14.6. The molecule has 1 N–H and O–H groups in total. The van der Waals surface area contributed by atoms with Gasteiger partial charge in [-0.15, -0.1) is 0 Å². The smallest absolute Gasteiger partial charge is 0.331 e. The molecule has 0 aliphatic carbocycles. The van der Waals surface area contributed by atoms with Gasteiger partial charge >= 0.3 is 5.69 Å². The zero-order valence-electron chi connectivity index (χ0n) is 19.7. The maximum Gasteiger partial charge on any atom is 0.331 e. The van der Waals surface area contributed by atoms with Crippen LogP contribution in [0.4, 0.5) is 10.1 Å². The summed E-state index contributed by atoms with van der Waals surface area (Å²) in [5.41, 5.74) is 4.56. The lowest BCUT2D eigenvalue weighted by Crippen LogP contribution is -2.37. The highest BCUT2D eigenvalue weighted by atomic mass is 19.1. The Morgan fingerprint density at radius 1 is 0.971 bits per heavy atom. The molecule has 0 bridgehead atoms. The molecule has 7 nitrogen and oxygen atoms in total. The molecule has 5 aromatic rings. The van der Waals surface area contributed by atoms with Crippen molar-refractivity contribution in [1.82, 2.24) is 13.7 Å². The quantitative estimate of drug-likeness (QED) is 0.411. The Balaban J connectivity index is 1.92. The fourth-order valence-electron chi connectivity index (χ4n) is 5.11. The standard InChI is InChI=1S/C27H23FN4O3/c1-14-12-18-19(13-15(14)2)32-23(16-8-5-6-9-17(16)28)21-24(30(3)27(34)31(4)26(21)33)25(32)22(29-18)20-10-7-11-35-20/h5-13,22,29H,1-4H3. The molecule has 0 saturated heterocycles. The Bertz CT molecular complexity index is 1770. The minimum Gasteiger partial charge on any atom is -0.467 e. The Morgan fingerprint density at radius 3 is 2.43 bits per heavy atom. The van der Waals surface area contributed by atoms with Crippen molar-refractivity contribution < 1.29 is 8.81 Å². The summed E-state index contributed by atoms with van der Waals surface area (Å²) in [5, 5.41) is 3.82. The second-order valence-corrected chi connectivity index (χ2v) is 9.02. The number of hydrogen-bond acceptors (Lipinski definition) is 4. The number of furan rings is 1. The summed E-state index contributed by atoms with van der Waals surface area (Å²) in [7, 11) is 3.07. The van der Waals surface area contributed by atoms with Crippen molar-refractivity contribution in [2.24, 2.45) is 14.1 Å². The number of nitrogens with one attached hydrogen (secondary N) is 1. The van der Waals surface area contributed by atoms with Gasteiger partial charge in [-0.1, -0.05) is 12.1 Å². The van der Waals surface area contributed by atoms with E-state index >= 15 is 4.39 Å². The molecule has 2 aromatic carbocycles. The summed E-state index contributed by atoms with van der Waals surface area (Å²) < 4.78 is 25.5. The van der Waals surface area contributed by atoms with Gasteiger partial charge in [-0.2, -0.15) is 0 Å². The molecule has 0 saturated carbocycles. The van der Waals surface area contributed by atoms with E-state index in [4.69, 9.17) is 4.42 Å². The second kappa shape index (κ2) is 7.33. The number of anilines is 1. The maximum atomic E-state index is 15.3. The summed E-state index contributed by atoms with van der Waals surface area (Å²) in [6.45, 7) is 4.03. The number of aryl methyl sites for hydroxylation is 3. The largest absolute Gasteiger partial charge is 0.467 e. The van der Waals surface area contributed by atoms with Crippen molar-refractivity contribution in [3.05, 3.63) is 104 Å². The molecule has 35 heavy (non-hydrogen) atoms. The van der Waals surface area contributed by atoms with Crippen LogP contribution in [0.1, 0.15) is 28.6 Å². The van der Waals surface area contributed by atoms with Gasteiger partial charge < -0.3 is 14.3 Å². The molecule has 8 heteroatoms. The first-order chi connectivity index (χ1) is 16.8. The monoisotopic (exact) mass is 470 g/mol. The highest BCUT2D eigenvalue weighted by molar-refractivity contribution is 5.99. The predicted molar refractivity (Wildman–Crippen MR) is 133 cm³/mol. The van der Waals surface area contributed by atoms with Gasteiger partial charge in [0.05, 0.1) is 39.9 Å². The highest BCUT2D eigenvalue weighted by Gasteiger charge is 2.36. The van der Waals surface area contributed by atoms with Crippen LogP contribution in [0.2, 0.25) is 0 Å². The molecular formula is C27H23FN4O3. The van der Waals surface area contributed by atoms with Crippen LogP contribution < -0.4 is 16.6 Å². The van der Waals surface area contributed by atoms with Crippen molar-refractivity contribution in [2.75, 3.05) is 5.32 Å². The van der Waals surface area contributed by atoms with Crippen LogP contribution in [-0.2, 0) is 14.1 Å². The molecule has 4 heterocycles. The summed E-state index contributed by atoms with van der Waals surface area (Å²) in [4.78, 5) is 26.7. The van der Waals surface area contributed by atoms with E-state index < -0.39 is 23.1 Å². The molecular weight excluding hydrogens is 447 g/mol. The van der Waals surface area contributed by atoms with Crippen LogP contribution in [0.15, 0.2) is 68.8 Å². The average Bonchev–Trinajstić information content (AvgIpc) is 3.49. The Kier molecular flexibility index (Phi) is 4.45. The van der Waals surface area contributed by atoms with Crippen LogP contribution in [-0.4, -0.2) is 13.7 Å². The molecule has 0 fully saturated rings. The number of halogens is 1. The lowest BCUT2D eigenvalue weighted by atomic mass is 10.0. The molecule has 0 amide bonds. The highest BCUT2D eigenvalue weighted by Crippen LogP contribution is 2.46. The summed E-state index contributed by atoms with van der Waals surface area (Å²) in [6.07, 6.45) is 1.58. The van der Waals surface area contributed by atoms with Gasteiger partial charge in [0.25, 0.3) is 5.56 Å². The fraction of sp³-hybridized carbons (Fsp3) is 0.185. The average molecular weight is 471 g/mol. The first kappa shape index (κ1) is 21.2. The zero-order chi connectivity index (χ0) is 24.6. The van der Waals surface area contributed by atoms with Gasteiger partial charge in [-0.25, -0.2) is 9.18 Å². The first-order valence-corrected chi connectivity index (χ1v) is 11.3. The van der Waals surface area contributed by atoms with Gasteiger partial charge in [-0.3, -0.25) is 13.9 Å². The predicted octanol–water partition coefficient (Wildman–Crippen LogP) is 4.56. The second-order valence-electron chi connectivity index (χ2n) is 9.02. The summed E-state index contributed by atoms with van der Waals surface area (Å²) in [6, 6.07) is 13.6. The maximum absolute atomic E-state index is 15.3. The van der Waals surface area contributed by atoms with Crippen molar-refractivity contribution in [1.29, 1.82) is 0 Å². The third kappa shape index (κ3) is 2.83. The minimum absolute atomic E-state index is 0.277. The van der Waals surface area contributed by atoms with Crippen LogP contribution >= 0.6 is 0 Å². The molecule has 176 valence electrons. The minimum atomic E-state index is -0.514. The van der Waals surface area contributed by atoms with E-state index in [1.807, 2.05) is 36.6 Å². The third-order valence-electron chi connectivity index (χ3n) is 6.99. The summed E-state index contributed by atoms with van der Waals surface area (Å²) in [5.74, 6) is 0.159. The molecule has 0 radical (unpaired) electrons. The van der Waals surface area contributed by atoms with Gasteiger partial charge in [0.15, 0.2) is 0 Å². The SMILES string of the molecule is Cc1cc2c(cc1C)-n1c(-c3ccccc3F)c3c(=O)n(C)c(=O)n(C)c3c1C(c1ccco1)N2. The number of nitrogens with zero attached hydrogens (tertiary/aromatic N) is 3. The van der Waals surface area contributed by atoms with Crippen LogP contribution in [0.3, 0.4) is 0 Å². The molecule has 1 aliphatic heterocycles. The van der Waals surface area contributed by atoms with E-state index in [0.29, 0.717) is 22.7 Å². The zero-order valence-corrected chi connectivity index (χ0v) is 19.7.